The van der Waals surface area contributed by atoms with Gasteiger partial charge in [0.05, 0.1) is 10.6 Å². The largest absolute Gasteiger partial charge is 0.480 e. The van der Waals surface area contributed by atoms with E-state index in [0.717, 1.165) is 12.0 Å². The standard InChI is InChI=1S/C12H15NO4S2/c1-19(16,17)11-5-3-2-4-9(11)13-6-7-18-8-10(13)12(14)15/h2-5,10H,6-8H2,1H3,(H,14,15). The molecule has 1 N–H and O–H groups in total. The molecule has 1 heterocycles. The smallest absolute Gasteiger partial charge is 0.327 e. The molecule has 5 nitrogen and oxygen atoms in total. The zero-order chi connectivity index (χ0) is 14.0. The molecule has 1 fully saturated rings. The fraction of sp³-hybridized carbons (Fsp3) is 0.417. The highest BCUT2D eigenvalue weighted by atomic mass is 32.2. The van der Waals surface area contributed by atoms with Crippen molar-refractivity contribution in [1.29, 1.82) is 0 Å². The maximum absolute atomic E-state index is 11.8. The van der Waals surface area contributed by atoms with Crippen LogP contribution < -0.4 is 4.90 Å². The molecule has 0 saturated carbocycles. The van der Waals surface area contributed by atoms with Gasteiger partial charge in [-0.1, -0.05) is 12.1 Å². The molecule has 0 spiro atoms. The number of rotatable bonds is 3. The molecule has 1 saturated heterocycles. The number of hydrogen-bond donors (Lipinski definition) is 1. The molecule has 7 heteroatoms. The normalized spacial score (nSPS) is 20.3. The number of para-hydroxylation sites is 1. The summed E-state index contributed by atoms with van der Waals surface area (Å²) in [5.74, 6) is 0.338. The number of sulfone groups is 1. The van der Waals surface area contributed by atoms with E-state index in [4.69, 9.17) is 0 Å². The van der Waals surface area contributed by atoms with Gasteiger partial charge in [0.2, 0.25) is 0 Å². The second kappa shape index (κ2) is 5.42. The number of carbonyl (C=O) groups is 1. The molecule has 0 aromatic heterocycles. The summed E-state index contributed by atoms with van der Waals surface area (Å²) in [5, 5.41) is 9.26. The van der Waals surface area contributed by atoms with Crippen LogP contribution in [-0.4, -0.2) is 49.8 Å². The van der Waals surface area contributed by atoms with E-state index in [2.05, 4.69) is 0 Å². The lowest BCUT2D eigenvalue weighted by Crippen LogP contribution is -2.47. The summed E-state index contributed by atoms with van der Waals surface area (Å²) in [6.07, 6.45) is 1.14. The van der Waals surface area contributed by atoms with Gasteiger partial charge in [0.1, 0.15) is 6.04 Å². The van der Waals surface area contributed by atoms with Gasteiger partial charge in [-0.05, 0) is 12.1 Å². The Bertz CT molecular complexity index is 585. The lowest BCUT2D eigenvalue weighted by atomic mass is 10.2. The fourth-order valence-electron chi connectivity index (χ4n) is 2.10. The first-order valence-electron chi connectivity index (χ1n) is 5.77. The van der Waals surface area contributed by atoms with Gasteiger partial charge < -0.3 is 10.0 Å². The van der Waals surface area contributed by atoms with Crippen molar-refractivity contribution in [2.75, 3.05) is 29.2 Å². The first-order chi connectivity index (χ1) is 8.91. The maximum Gasteiger partial charge on any atom is 0.327 e. The number of thioether (sulfide) groups is 1. The molecule has 1 aromatic rings. The van der Waals surface area contributed by atoms with E-state index in [-0.39, 0.29) is 4.90 Å². The molecule has 1 aliphatic rings. The summed E-state index contributed by atoms with van der Waals surface area (Å²) in [6, 6.07) is 5.88. The third kappa shape index (κ3) is 3.03. The van der Waals surface area contributed by atoms with Gasteiger partial charge in [-0.3, -0.25) is 0 Å². The van der Waals surface area contributed by atoms with Crippen LogP contribution in [-0.2, 0) is 14.6 Å². The van der Waals surface area contributed by atoms with Crippen LogP contribution in [0.1, 0.15) is 0 Å². The lowest BCUT2D eigenvalue weighted by Gasteiger charge is -2.35. The lowest BCUT2D eigenvalue weighted by molar-refractivity contribution is -0.138. The quantitative estimate of drug-likeness (QED) is 0.901. The fourth-order valence-corrected chi connectivity index (χ4v) is 4.03. The molecule has 1 atom stereocenters. The third-order valence-corrected chi connectivity index (χ3v) is 5.15. The summed E-state index contributed by atoms with van der Waals surface area (Å²) in [5.41, 5.74) is 0.484. The molecule has 0 radical (unpaired) electrons. The van der Waals surface area contributed by atoms with Crippen LogP contribution in [0.25, 0.3) is 0 Å². The highest BCUT2D eigenvalue weighted by Gasteiger charge is 2.31. The van der Waals surface area contributed by atoms with Gasteiger partial charge in [-0.2, -0.15) is 11.8 Å². The van der Waals surface area contributed by atoms with Crippen molar-refractivity contribution in [1.82, 2.24) is 0 Å². The molecule has 19 heavy (non-hydrogen) atoms. The van der Waals surface area contributed by atoms with Gasteiger partial charge >= 0.3 is 5.97 Å². The zero-order valence-electron chi connectivity index (χ0n) is 10.4. The number of hydrogen-bond acceptors (Lipinski definition) is 5. The summed E-state index contributed by atoms with van der Waals surface area (Å²) in [7, 11) is -3.37. The highest BCUT2D eigenvalue weighted by molar-refractivity contribution is 7.99. The minimum absolute atomic E-state index is 0.188. The van der Waals surface area contributed by atoms with E-state index in [9.17, 15) is 18.3 Å². The van der Waals surface area contributed by atoms with Crippen LogP contribution in [0.2, 0.25) is 0 Å². The monoisotopic (exact) mass is 301 g/mol. The van der Waals surface area contributed by atoms with Gasteiger partial charge in [0.25, 0.3) is 0 Å². The molecule has 1 unspecified atom stereocenters. The SMILES string of the molecule is CS(=O)(=O)c1ccccc1N1CCSCC1C(=O)O. The molecule has 1 aliphatic heterocycles. The Morgan fingerprint density at radius 2 is 2.11 bits per heavy atom. The average molecular weight is 301 g/mol. The number of aliphatic carboxylic acids is 1. The minimum atomic E-state index is -3.37. The Kier molecular flexibility index (Phi) is 4.05. The first-order valence-corrected chi connectivity index (χ1v) is 8.82. The second-order valence-electron chi connectivity index (χ2n) is 4.36. The number of anilines is 1. The Labute approximate surface area is 116 Å². The summed E-state index contributed by atoms with van der Waals surface area (Å²) >= 11 is 1.57. The van der Waals surface area contributed by atoms with Crippen molar-refractivity contribution < 1.29 is 18.3 Å². The predicted octanol–water partition coefficient (Wildman–Crippen LogP) is 1.10. The summed E-state index contributed by atoms with van der Waals surface area (Å²) in [6.45, 7) is 0.536. The van der Waals surface area contributed by atoms with Crippen molar-refractivity contribution in [2.45, 2.75) is 10.9 Å². The highest BCUT2D eigenvalue weighted by Crippen LogP contribution is 2.30. The van der Waals surface area contributed by atoms with Crippen molar-refractivity contribution in [3.05, 3.63) is 24.3 Å². The molecular weight excluding hydrogens is 286 g/mol. The summed E-state index contributed by atoms with van der Waals surface area (Å²) in [4.78, 5) is 13.2. The topological polar surface area (TPSA) is 74.7 Å². The van der Waals surface area contributed by atoms with Gasteiger partial charge in [0, 0.05) is 24.3 Å². The molecular formula is C12H15NO4S2. The van der Waals surface area contributed by atoms with E-state index < -0.39 is 21.8 Å². The molecule has 1 aromatic carbocycles. The second-order valence-corrected chi connectivity index (χ2v) is 7.50. The van der Waals surface area contributed by atoms with Crippen molar-refractivity contribution in [3.63, 3.8) is 0 Å². The van der Waals surface area contributed by atoms with Gasteiger partial charge in [-0.25, -0.2) is 13.2 Å². The number of carboxylic acids is 1. The molecule has 0 amide bonds. The van der Waals surface area contributed by atoms with Crippen molar-refractivity contribution >= 4 is 33.3 Å². The van der Waals surface area contributed by atoms with Crippen molar-refractivity contribution in [2.24, 2.45) is 0 Å². The Morgan fingerprint density at radius 1 is 1.42 bits per heavy atom. The van der Waals surface area contributed by atoms with E-state index >= 15 is 0 Å². The van der Waals surface area contributed by atoms with Gasteiger partial charge in [0.15, 0.2) is 9.84 Å². The van der Waals surface area contributed by atoms with Crippen LogP contribution in [0.15, 0.2) is 29.2 Å². The summed E-state index contributed by atoms with van der Waals surface area (Å²) < 4.78 is 23.6. The van der Waals surface area contributed by atoms with E-state index in [1.54, 1.807) is 34.9 Å². The molecule has 2 rings (SSSR count). The van der Waals surface area contributed by atoms with Crippen molar-refractivity contribution in [3.8, 4) is 0 Å². The molecule has 104 valence electrons. The van der Waals surface area contributed by atoms with Crippen LogP contribution in [0.5, 0.6) is 0 Å². The van der Waals surface area contributed by atoms with E-state index in [1.807, 2.05) is 0 Å². The van der Waals surface area contributed by atoms with Crippen LogP contribution in [0, 0.1) is 0 Å². The number of nitrogens with zero attached hydrogens (tertiary/aromatic N) is 1. The Balaban J connectivity index is 2.48. The third-order valence-electron chi connectivity index (χ3n) is 2.99. The number of carboxylic acid groups (broad SMARTS) is 1. The van der Waals surface area contributed by atoms with E-state index in [1.165, 1.54) is 6.07 Å². The van der Waals surface area contributed by atoms with Crippen LogP contribution in [0.4, 0.5) is 5.69 Å². The molecule has 0 aliphatic carbocycles. The van der Waals surface area contributed by atoms with E-state index in [0.29, 0.717) is 18.0 Å². The average Bonchev–Trinajstić information content (AvgIpc) is 2.37. The first kappa shape index (κ1) is 14.2. The Morgan fingerprint density at radius 3 is 2.74 bits per heavy atom. The van der Waals surface area contributed by atoms with Gasteiger partial charge in [-0.15, -0.1) is 0 Å². The zero-order valence-corrected chi connectivity index (χ0v) is 12.1. The predicted molar refractivity (Wildman–Crippen MR) is 75.6 cm³/mol. The number of benzene rings is 1. The molecule has 0 bridgehead atoms. The van der Waals surface area contributed by atoms with Crippen LogP contribution >= 0.6 is 11.8 Å². The maximum atomic E-state index is 11.8. The van der Waals surface area contributed by atoms with Crippen LogP contribution in [0.3, 0.4) is 0 Å². The minimum Gasteiger partial charge on any atom is -0.480 e. The Hall–Kier alpha value is -1.21.